The van der Waals surface area contributed by atoms with Crippen LogP contribution in [-0.4, -0.2) is 17.5 Å². The molecule has 0 bridgehead atoms. The van der Waals surface area contributed by atoms with Crippen LogP contribution in [0.1, 0.15) is 21.5 Å². The van der Waals surface area contributed by atoms with Gasteiger partial charge in [0.05, 0.1) is 10.5 Å². The average Bonchev–Trinajstić information content (AvgIpc) is 2.72. The van der Waals surface area contributed by atoms with E-state index < -0.39 is 10.9 Å². The topological polar surface area (TPSA) is 69.4 Å². The van der Waals surface area contributed by atoms with E-state index in [4.69, 9.17) is 4.74 Å². The van der Waals surface area contributed by atoms with E-state index in [0.717, 1.165) is 16.7 Å². The number of ether oxygens (including phenoxy) is 1. The van der Waals surface area contributed by atoms with E-state index in [2.05, 4.69) is 0 Å². The maximum Gasteiger partial charge on any atom is 0.338 e. The molecule has 0 atom stereocenters. The van der Waals surface area contributed by atoms with Crippen LogP contribution in [0.15, 0.2) is 84.9 Å². The summed E-state index contributed by atoms with van der Waals surface area (Å²) < 4.78 is 5.44. The zero-order valence-electron chi connectivity index (χ0n) is 14.4. The number of hydrogen-bond donors (Lipinski definition) is 0. The molecule has 5 heteroatoms. The quantitative estimate of drug-likeness (QED) is 0.269. The summed E-state index contributed by atoms with van der Waals surface area (Å²) in [4.78, 5) is 22.5. The maximum atomic E-state index is 12.3. The first kappa shape index (κ1) is 18.1. The summed E-state index contributed by atoms with van der Waals surface area (Å²) in [5.74, 6) is -0.528. The highest BCUT2D eigenvalue weighted by molar-refractivity contribution is 5.91. The highest BCUT2D eigenvalue weighted by atomic mass is 16.6. The Bertz CT molecular complexity index is 949. The van der Waals surface area contributed by atoms with Crippen LogP contribution >= 0.6 is 0 Å². The molecule has 0 saturated heterocycles. The molecule has 0 amide bonds. The summed E-state index contributed by atoms with van der Waals surface area (Å²) >= 11 is 0. The van der Waals surface area contributed by atoms with Crippen molar-refractivity contribution in [1.82, 2.24) is 0 Å². The van der Waals surface area contributed by atoms with Gasteiger partial charge in [0, 0.05) is 12.1 Å². The Labute approximate surface area is 156 Å². The molecule has 0 spiro atoms. The van der Waals surface area contributed by atoms with Gasteiger partial charge in [-0.25, -0.2) is 4.79 Å². The molecule has 0 aliphatic rings. The monoisotopic (exact) mass is 359 g/mol. The fourth-order valence-corrected chi connectivity index (χ4v) is 2.56. The zero-order chi connectivity index (χ0) is 19.1. The summed E-state index contributed by atoms with van der Waals surface area (Å²) in [6.45, 7) is 0.0920. The molecule has 0 heterocycles. The van der Waals surface area contributed by atoms with Crippen molar-refractivity contribution >= 4 is 23.3 Å². The van der Waals surface area contributed by atoms with Crippen molar-refractivity contribution in [3.63, 3.8) is 0 Å². The molecule has 0 fully saturated rings. The third-order valence-corrected chi connectivity index (χ3v) is 3.96. The number of carbonyl (C=O) groups is 1. The van der Waals surface area contributed by atoms with Crippen molar-refractivity contribution in [3.05, 3.63) is 112 Å². The molecule has 3 rings (SSSR count). The summed E-state index contributed by atoms with van der Waals surface area (Å²) in [5.41, 5.74) is 3.02. The fourth-order valence-electron chi connectivity index (χ4n) is 2.56. The summed E-state index contributed by atoms with van der Waals surface area (Å²) in [6.07, 6.45) is 1.97. The highest BCUT2D eigenvalue weighted by Crippen LogP contribution is 2.20. The van der Waals surface area contributed by atoms with Crippen molar-refractivity contribution < 1.29 is 14.5 Å². The SMILES string of the molecule is O=C(OC/C(=C/c1ccccc1)c1ccccc1)c1ccc([N+](=O)[O-])cc1. The minimum absolute atomic E-state index is 0.0690. The number of nitro groups is 1. The number of rotatable bonds is 6. The highest BCUT2D eigenvalue weighted by Gasteiger charge is 2.12. The van der Waals surface area contributed by atoms with Crippen LogP contribution in [-0.2, 0) is 4.74 Å². The molecule has 5 nitrogen and oxygen atoms in total. The molecule has 0 saturated carbocycles. The standard InChI is InChI=1S/C22H17NO4/c24-22(19-11-13-21(14-12-19)23(25)26)27-16-20(18-9-5-2-6-10-18)15-17-7-3-1-4-8-17/h1-15H,16H2/b20-15-. The Hall–Kier alpha value is -3.73. The van der Waals surface area contributed by atoms with Gasteiger partial charge in [-0.1, -0.05) is 60.7 Å². The lowest BCUT2D eigenvalue weighted by molar-refractivity contribution is -0.384. The van der Waals surface area contributed by atoms with Gasteiger partial charge in [0.25, 0.3) is 5.69 Å². The van der Waals surface area contributed by atoms with E-state index in [0.29, 0.717) is 0 Å². The molecule has 0 aliphatic heterocycles. The Kier molecular flexibility index (Phi) is 5.74. The number of carbonyl (C=O) groups excluding carboxylic acids is 1. The van der Waals surface area contributed by atoms with Crippen molar-refractivity contribution in [2.45, 2.75) is 0 Å². The molecule has 3 aromatic carbocycles. The van der Waals surface area contributed by atoms with Crippen LogP contribution in [0.5, 0.6) is 0 Å². The predicted molar refractivity (Wildman–Crippen MR) is 104 cm³/mol. The lowest BCUT2D eigenvalue weighted by Gasteiger charge is -2.10. The molecule has 0 aromatic heterocycles. The number of non-ortho nitro benzene ring substituents is 1. The van der Waals surface area contributed by atoms with E-state index in [9.17, 15) is 14.9 Å². The van der Waals surface area contributed by atoms with Gasteiger partial charge < -0.3 is 4.74 Å². The van der Waals surface area contributed by atoms with Crippen LogP contribution in [0, 0.1) is 10.1 Å². The van der Waals surface area contributed by atoms with Crippen LogP contribution < -0.4 is 0 Å². The first-order valence-electron chi connectivity index (χ1n) is 8.36. The number of nitro benzene ring substituents is 1. The predicted octanol–water partition coefficient (Wildman–Crippen LogP) is 4.99. The van der Waals surface area contributed by atoms with Gasteiger partial charge in [0.2, 0.25) is 0 Å². The normalized spacial score (nSPS) is 11.0. The average molecular weight is 359 g/mol. The smallest absolute Gasteiger partial charge is 0.338 e. The molecule has 0 N–H and O–H groups in total. The van der Waals surface area contributed by atoms with E-state index in [1.165, 1.54) is 24.3 Å². The van der Waals surface area contributed by atoms with E-state index >= 15 is 0 Å². The van der Waals surface area contributed by atoms with Gasteiger partial charge in [-0.2, -0.15) is 0 Å². The third kappa shape index (κ3) is 4.89. The number of hydrogen-bond acceptors (Lipinski definition) is 4. The third-order valence-electron chi connectivity index (χ3n) is 3.96. The van der Waals surface area contributed by atoms with Crippen LogP contribution in [0.25, 0.3) is 11.6 Å². The number of esters is 1. The maximum absolute atomic E-state index is 12.3. The zero-order valence-corrected chi connectivity index (χ0v) is 14.4. The Morgan fingerprint density at radius 1 is 0.852 bits per heavy atom. The van der Waals surface area contributed by atoms with Crippen molar-refractivity contribution in [3.8, 4) is 0 Å². The van der Waals surface area contributed by atoms with Gasteiger partial charge in [0.1, 0.15) is 6.61 Å². The molecule has 3 aromatic rings. The first-order valence-corrected chi connectivity index (χ1v) is 8.36. The first-order chi connectivity index (χ1) is 13.1. The summed E-state index contributed by atoms with van der Waals surface area (Å²) in [5, 5.41) is 10.7. The molecular formula is C22H17NO4. The van der Waals surface area contributed by atoms with Crippen molar-refractivity contribution in [2.75, 3.05) is 6.61 Å². The molecule has 0 radical (unpaired) electrons. The second kappa shape index (κ2) is 8.58. The molecule has 134 valence electrons. The van der Waals surface area contributed by atoms with E-state index in [-0.39, 0.29) is 17.9 Å². The Morgan fingerprint density at radius 3 is 2.04 bits per heavy atom. The van der Waals surface area contributed by atoms with Gasteiger partial charge in [0.15, 0.2) is 0 Å². The minimum Gasteiger partial charge on any atom is -0.457 e. The summed E-state index contributed by atoms with van der Waals surface area (Å²) in [7, 11) is 0. The molecule has 0 aliphatic carbocycles. The largest absolute Gasteiger partial charge is 0.457 e. The Balaban J connectivity index is 1.77. The second-order valence-electron chi connectivity index (χ2n) is 5.83. The molecule has 27 heavy (non-hydrogen) atoms. The van der Waals surface area contributed by atoms with Gasteiger partial charge >= 0.3 is 5.97 Å². The minimum atomic E-state index is -0.528. The van der Waals surface area contributed by atoms with Crippen LogP contribution in [0.3, 0.4) is 0 Å². The van der Waals surface area contributed by atoms with Gasteiger partial charge in [-0.05, 0) is 34.9 Å². The Morgan fingerprint density at radius 2 is 1.44 bits per heavy atom. The molecular weight excluding hydrogens is 342 g/mol. The van der Waals surface area contributed by atoms with Crippen LogP contribution in [0.4, 0.5) is 5.69 Å². The van der Waals surface area contributed by atoms with E-state index in [1.54, 1.807) is 0 Å². The van der Waals surface area contributed by atoms with Crippen molar-refractivity contribution in [2.24, 2.45) is 0 Å². The second-order valence-corrected chi connectivity index (χ2v) is 5.83. The fraction of sp³-hybridized carbons (Fsp3) is 0.0455. The van der Waals surface area contributed by atoms with Gasteiger partial charge in [-0.15, -0.1) is 0 Å². The van der Waals surface area contributed by atoms with Gasteiger partial charge in [-0.3, -0.25) is 10.1 Å². The van der Waals surface area contributed by atoms with Crippen LogP contribution in [0.2, 0.25) is 0 Å². The number of nitrogens with zero attached hydrogens (tertiary/aromatic N) is 1. The summed E-state index contributed by atoms with van der Waals surface area (Å²) in [6, 6.07) is 24.8. The lowest BCUT2D eigenvalue weighted by Crippen LogP contribution is -2.08. The number of benzene rings is 3. The molecule has 0 unspecified atom stereocenters. The lowest BCUT2D eigenvalue weighted by atomic mass is 10.0. The van der Waals surface area contributed by atoms with Crippen molar-refractivity contribution in [1.29, 1.82) is 0 Å². The van der Waals surface area contributed by atoms with E-state index in [1.807, 2.05) is 66.7 Å².